The van der Waals surface area contributed by atoms with Crippen LogP contribution in [0.15, 0.2) is 30.3 Å². The molecule has 1 unspecified atom stereocenters. The Kier molecular flexibility index (Phi) is 4.34. The van der Waals surface area contributed by atoms with Gasteiger partial charge in [-0.25, -0.2) is 4.39 Å². The Morgan fingerprint density at radius 3 is 2.20 bits per heavy atom. The Hall–Kier alpha value is -1.54. The summed E-state index contributed by atoms with van der Waals surface area (Å²) in [4.78, 5) is 0. The van der Waals surface area contributed by atoms with Crippen LogP contribution in [0.5, 0.6) is 0 Å². The van der Waals surface area contributed by atoms with Gasteiger partial charge in [0.1, 0.15) is 5.82 Å². The van der Waals surface area contributed by atoms with Crippen LogP contribution in [-0.2, 0) is 0 Å². The van der Waals surface area contributed by atoms with Crippen molar-refractivity contribution in [3.8, 4) is 0 Å². The van der Waals surface area contributed by atoms with E-state index < -0.39 is 5.82 Å². The molecule has 1 nitrogen and oxygen atoms in total. The summed E-state index contributed by atoms with van der Waals surface area (Å²) in [6, 6.07) is 9.24. The number of hydrogen-bond donors (Lipinski definition) is 1. The Bertz CT molecular complexity index is 614. The van der Waals surface area contributed by atoms with Crippen LogP contribution in [-0.4, -0.2) is 0 Å². The van der Waals surface area contributed by atoms with Gasteiger partial charge < -0.3 is 5.32 Å². The van der Waals surface area contributed by atoms with Gasteiger partial charge in [-0.05, 0) is 62.6 Å². The number of rotatable bonds is 3. The van der Waals surface area contributed by atoms with Crippen molar-refractivity contribution in [1.82, 2.24) is 0 Å². The van der Waals surface area contributed by atoms with Crippen molar-refractivity contribution in [2.24, 2.45) is 0 Å². The van der Waals surface area contributed by atoms with Crippen molar-refractivity contribution in [2.45, 2.75) is 33.7 Å². The first-order valence-electron chi connectivity index (χ1n) is 6.68. The molecule has 0 saturated heterocycles. The molecule has 106 valence electrons. The second-order valence-corrected chi connectivity index (χ2v) is 5.71. The third kappa shape index (κ3) is 3.13. The molecular formula is C17H19ClFN. The summed E-state index contributed by atoms with van der Waals surface area (Å²) in [5.41, 5.74) is 5.74. The second-order valence-electron chi connectivity index (χ2n) is 5.31. The number of anilines is 1. The highest BCUT2D eigenvalue weighted by molar-refractivity contribution is 6.30. The molecule has 0 aliphatic carbocycles. The lowest BCUT2D eigenvalue weighted by molar-refractivity contribution is 0.628. The number of halogens is 2. The van der Waals surface area contributed by atoms with Crippen molar-refractivity contribution in [1.29, 1.82) is 0 Å². The Morgan fingerprint density at radius 1 is 1.05 bits per heavy atom. The quantitative estimate of drug-likeness (QED) is 0.778. The van der Waals surface area contributed by atoms with Crippen LogP contribution in [0.3, 0.4) is 0 Å². The molecular weight excluding hydrogens is 273 g/mol. The maximum absolute atomic E-state index is 13.5. The molecule has 0 radical (unpaired) electrons. The zero-order valence-electron chi connectivity index (χ0n) is 12.2. The van der Waals surface area contributed by atoms with Gasteiger partial charge in [0, 0.05) is 11.7 Å². The minimum Gasteiger partial charge on any atom is -0.378 e. The molecule has 0 aromatic heterocycles. The fraction of sp³-hybridized carbons (Fsp3) is 0.294. The fourth-order valence-corrected chi connectivity index (χ4v) is 2.90. The van der Waals surface area contributed by atoms with Crippen LogP contribution in [0.2, 0.25) is 5.02 Å². The van der Waals surface area contributed by atoms with E-state index in [4.69, 9.17) is 11.6 Å². The summed E-state index contributed by atoms with van der Waals surface area (Å²) >= 11 is 5.70. The molecule has 0 fully saturated rings. The predicted octanol–water partition coefficient (Wildman–Crippen LogP) is 5.58. The third-order valence-electron chi connectivity index (χ3n) is 3.47. The van der Waals surface area contributed by atoms with Gasteiger partial charge in [0.25, 0.3) is 0 Å². The van der Waals surface area contributed by atoms with Crippen molar-refractivity contribution in [2.75, 3.05) is 5.32 Å². The summed E-state index contributed by atoms with van der Waals surface area (Å²) in [6.45, 7) is 8.39. The van der Waals surface area contributed by atoms with E-state index in [-0.39, 0.29) is 11.1 Å². The van der Waals surface area contributed by atoms with E-state index in [1.807, 2.05) is 0 Å². The van der Waals surface area contributed by atoms with Crippen LogP contribution in [0, 0.1) is 26.6 Å². The molecule has 2 rings (SSSR count). The van der Waals surface area contributed by atoms with E-state index in [0.717, 1.165) is 5.69 Å². The number of benzene rings is 2. The Balaban J connectivity index is 2.28. The van der Waals surface area contributed by atoms with Gasteiger partial charge in [0.2, 0.25) is 0 Å². The smallest absolute Gasteiger partial charge is 0.143 e. The maximum atomic E-state index is 13.5. The molecule has 0 heterocycles. The van der Waals surface area contributed by atoms with Gasteiger partial charge in [-0.15, -0.1) is 0 Å². The predicted molar refractivity (Wildman–Crippen MR) is 84.1 cm³/mol. The summed E-state index contributed by atoms with van der Waals surface area (Å²) in [5, 5.41) is 3.47. The zero-order valence-corrected chi connectivity index (χ0v) is 13.0. The average Bonchev–Trinajstić information content (AvgIpc) is 2.32. The molecule has 1 N–H and O–H groups in total. The molecule has 2 aromatic rings. The molecule has 1 atom stereocenters. The summed E-state index contributed by atoms with van der Waals surface area (Å²) in [7, 11) is 0. The van der Waals surface area contributed by atoms with Gasteiger partial charge >= 0.3 is 0 Å². The van der Waals surface area contributed by atoms with E-state index in [0.29, 0.717) is 0 Å². The van der Waals surface area contributed by atoms with Gasteiger partial charge in [-0.2, -0.15) is 0 Å². The molecule has 0 saturated carbocycles. The lowest BCUT2D eigenvalue weighted by Gasteiger charge is -2.21. The first-order chi connectivity index (χ1) is 9.38. The average molecular weight is 292 g/mol. The first kappa shape index (κ1) is 14.9. The molecule has 0 amide bonds. The lowest BCUT2D eigenvalue weighted by Crippen LogP contribution is -2.10. The number of hydrogen-bond acceptors (Lipinski definition) is 1. The monoisotopic (exact) mass is 291 g/mol. The Morgan fingerprint density at radius 2 is 1.65 bits per heavy atom. The van der Waals surface area contributed by atoms with E-state index in [1.54, 1.807) is 12.1 Å². The standard InChI is InChI=1S/C17H19ClFN/c1-10-7-11(2)17(12(3)8-10)13(4)20-14-5-6-15(18)16(19)9-14/h5-9,13,20H,1-4H3. The van der Waals surface area contributed by atoms with Crippen molar-refractivity contribution in [3.05, 3.63) is 63.4 Å². The van der Waals surface area contributed by atoms with Crippen LogP contribution >= 0.6 is 11.6 Å². The van der Waals surface area contributed by atoms with E-state index >= 15 is 0 Å². The summed E-state index contributed by atoms with van der Waals surface area (Å²) < 4.78 is 13.5. The van der Waals surface area contributed by atoms with Crippen molar-refractivity contribution in [3.63, 3.8) is 0 Å². The van der Waals surface area contributed by atoms with E-state index in [9.17, 15) is 4.39 Å². The highest BCUT2D eigenvalue weighted by atomic mass is 35.5. The van der Waals surface area contributed by atoms with E-state index in [2.05, 4.69) is 45.1 Å². The normalized spacial score (nSPS) is 12.3. The minimum atomic E-state index is -0.402. The minimum absolute atomic E-state index is 0.108. The van der Waals surface area contributed by atoms with Crippen LogP contribution in [0.25, 0.3) is 0 Å². The summed E-state index contributed by atoms with van der Waals surface area (Å²) in [5.74, 6) is -0.402. The highest BCUT2D eigenvalue weighted by Gasteiger charge is 2.12. The maximum Gasteiger partial charge on any atom is 0.143 e. The molecule has 0 bridgehead atoms. The van der Waals surface area contributed by atoms with Crippen LogP contribution < -0.4 is 5.32 Å². The largest absolute Gasteiger partial charge is 0.378 e. The highest BCUT2D eigenvalue weighted by Crippen LogP contribution is 2.27. The topological polar surface area (TPSA) is 12.0 Å². The molecule has 0 aliphatic heterocycles. The zero-order chi connectivity index (χ0) is 14.9. The van der Waals surface area contributed by atoms with Gasteiger partial charge in [0.05, 0.1) is 5.02 Å². The Labute approximate surface area is 124 Å². The lowest BCUT2D eigenvalue weighted by atomic mass is 9.95. The summed E-state index contributed by atoms with van der Waals surface area (Å²) in [6.07, 6.45) is 0. The second kappa shape index (κ2) is 5.84. The first-order valence-corrected chi connectivity index (χ1v) is 7.05. The molecule has 20 heavy (non-hydrogen) atoms. The van der Waals surface area contributed by atoms with E-state index in [1.165, 1.54) is 28.3 Å². The third-order valence-corrected chi connectivity index (χ3v) is 3.78. The van der Waals surface area contributed by atoms with Gasteiger partial charge in [-0.3, -0.25) is 0 Å². The number of nitrogens with one attached hydrogen (secondary N) is 1. The number of aryl methyl sites for hydroxylation is 3. The molecule has 3 heteroatoms. The fourth-order valence-electron chi connectivity index (χ4n) is 2.78. The van der Waals surface area contributed by atoms with Crippen LogP contribution in [0.1, 0.15) is 35.2 Å². The van der Waals surface area contributed by atoms with Gasteiger partial charge in [0.15, 0.2) is 0 Å². The SMILES string of the molecule is Cc1cc(C)c(C(C)Nc2ccc(Cl)c(F)c2)c(C)c1. The molecule has 0 aliphatic rings. The van der Waals surface area contributed by atoms with Crippen LogP contribution in [0.4, 0.5) is 10.1 Å². The molecule has 0 spiro atoms. The van der Waals surface area contributed by atoms with Crippen molar-refractivity contribution < 1.29 is 4.39 Å². The van der Waals surface area contributed by atoms with Gasteiger partial charge in [-0.1, -0.05) is 29.3 Å². The molecule has 2 aromatic carbocycles. The van der Waals surface area contributed by atoms with Crippen molar-refractivity contribution >= 4 is 17.3 Å².